The molecule has 4 heteroatoms. The Kier molecular flexibility index (Phi) is 4.46. The topological polar surface area (TPSA) is 26.3 Å². The Labute approximate surface area is 121 Å². The second-order valence-electron chi connectivity index (χ2n) is 4.08. The summed E-state index contributed by atoms with van der Waals surface area (Å²) in [6.07, 6.45) is 0.276. The monoisotopic (exact) mass is 294 g/mol. The number of carbonyl (C=O) groups is 1. The summed E-state index contributed by atoms with van der Waals surface area (Å²) < 4.78 is 4.63. The number of methoxy groups -OCH3 is 1. The maximum atomic E-state index is 11.2. The van der Waals surface area contributed by atoms with Gasteiger partial charge in [0, 0.05) is 0 Å². The van der Waals surface area contributed by atoms with Gasteiger partial charge in [-0.15, -0.1) is 0 Å². The molecule has 0 aliphatic heterocycles. The van der Waals surface area contributed by atoms with Crippen LogP contribution in [0.15, 0.2) is 42.5 Å². The predicted molar refractivity (Wildman–Crippen MR) is 77.6 cm³/mol. The minimum Gasteiger partial charge on any atom is -0.469 e. The van der Waals surface area contributed by atoms with E-state index >= 15 is 0 Å². The molecule has 0 saturated carbocycles. The van der Waals surface area contributed by atoms with Crippen LogP contribution in [0.25, 0.3) is 11.1 Å². The van der Waals surface area contributed by atoms with Crippen molar-refractivity contribution in [2.24, 2.45) is 0 Å². The zero-order valence-corrected chi connectivity index (χ0v) is 11.8. The van der Waals surface area contributed by atoms with Crippen LogP contribution in [0.3, 0.4) is 0 Å². The molecule has 0 unspecified atom stereocenters. The molecule has 0 spiro atoms. The Morgan fingerprint density at radius 2 is 1.63 bits per heavy atom. The van der Waals surface area contributed by atoms with Gasteiger partial charge in [0.2, 0.25) is 0 Å². The van der Waals surface area contributed by atoms with E-state index in [1.54, 1.807) is 6.07 Å². The molecule has 2 aromatic carbocycles. The number of carbonyl (C=O) groups excluding carboxylic acids is 1. The van der Waals surface area contributed by atoms with E-state index in [1.165, 1.54) is 7.11 Å². The van der Waals surface area contributed by atoms with Crippen molar-refractivity contribution in [3.05, 3.63) is 58.1 Å². The molecule has 2 nitrogen and oxygen atoms in total. The molecule has 0 heterocycles. The largest absolute Gasteiger partial charge is 0.469 e. The van der Waals surface area contributed by atoms with Gasteiger partial charge >= 0.3 is 5.97 Å². The lowest BCUT2D eigenvalue weighted by Crippen LogP contribution is -2.04. The quantitative estimate of drug-likeness (QED) is 0.786. The molecule has 19 heavy (non-hydrogen) atoms. The molecule has 0 fully saturated rings. The van der Waals surface area contributed by atoms with Crippen LogP contribution in [-0.4, -0.2) is 13.1 Å². The standard InChI is InChI=1S/C15H12Cl2O2/c1-19-15(18)8-10-2-4-11(5-3-10)12-6-7-13(16)14(17)9-12/h2-7,9H,8H2,1H3. The molecule has 0 aliphatic rings. The lowest BCUT2D eigenvalue weighted by molar-refractivity contribution is -0.139. The van der Waals surface area contributed by atoms with Gasteiger partial charge in [-0.05, 0) is 28.8 Å². The van der Waals surface area contributed by atoms with Crippen molar-refractivity contribution in [3.63, 3.8) is 0 Å². The summed E-state index contributed by atoms with van der Waals surface area (Å²) in [7, 11) is 1.38. The van der Waals surface area contributed by atoms with E-state index in [0.29, 0.717) is 10.0 Å². The molecule has 0 saturated heterocycles. The molecule has 2 aromatic rings. The second-order valence-corrected chi connectivity index (χ2v) is 4.89. The van der Waals surface area contributed by atoms with Crippen molar-refractivity contribution in [1.82, 2.24) is 0 Å². The Hall–Kier alpha value is -1.51. The Bertz CT molecular complexity index is 592. The van der Waals surface area contributed by atoms with Gasteiger partial charge in [0.25, 0.3) is 0 Å². The fourth-order valence-electron chi connectivity index (χ4n) is 1.73. The van der Waals surface area contributed by atoms with Gasteiger partial charge in [-0.25, -0.2) is 0 Å². The van der Waals surface area contributed by atoms with Crippen molar-refractivity contribution >= 4 is 29.2 Å². The van der Waals surface area contributed by atoms with E-state index in [9.17, 15) is 4.79 Å². The highest BCUT2D eigenvalue weighted by Crippen LogP contribution is 2.28. The molecule has 2 rings (SSSR count). The zero-order chi connectivity index (χ0) is 13.8. The first-order valence-corrected chi connectivity index (χ1v) is 6.47. The van der Waals surface area contributed by atoms with Gasteiger partial charge < -0.3 is 4.74 Å². The van der Waals surface area contributed by atoms with Crippen molar-refractivity contribution in [1.29, 1.82) is 0 Å². The highest BCUT2D eigenvalue weighted by atomic mass is 35.5. The molecule has 0 aromatic heterocycles. The van der Waals surface area contributed by atoms with E-state index in [0.717, 1.165) is 16.7 Å². The molecule has 0 bridgehead atoms. The minimum absolute atomic E-state index is 0.248. The van der Waals surface area contributed by atoms with Crippen LogP contribution in [-0.2, 0) is 16.0 Å². The van der Waals surface area contributed by atoms with E-state index in [4.69, 9.17) is 23.2 Å². The SMILES string of the molecule is COC(=O)Cc1ccc(-c2ccc(Cl)c(Cl)c2)cc1. The lowest BCUT2D eigenvalue weighted by Gasteiger charge is -2.05. The van der Waals surface area contributed by atoms with Crippen LogP contribution in [0.4, 0.5) is 0 Å². The van der Waals surface area contributed by atoms with Crippen LogP contribution >= 0.6 is 23.2 Å². The summed E-state index contributed by atoms with van der Waals surface area (Å²) in [5.41, 5.74) is 2.92. The van der Waals surface area contributed by atoms with Crippen molar-refractivity contribution < 1.29 is 9.53 Å². The van der Waals surface area contributed by atoms with E-state index < -0.39 is 0 Å². The highest BCUT2D eigenvalue weighted by Gasteiger charge is 2.05. The zero-order valence-electron chi connectivity index (χ0n) is 10.3. The minimum atomic E-state index is -0.248. The van der Waals surface area contributed by atoms with Crippen LogP contribution in [0.5, 0.6) is 0 Å². The van der Waals surface area contributed by atoms with Crippen LogP contribution in [0.2, 0.25) is 10.0 Å². The average molecular weight is 295 g/mol. The van der Waals surface area contributed by atoms with Crippen LogP contribution in [0, 0.1) is 0 Å². The average Bonchev–Trinajstić information content (AvgIpc) is 2.42. The van der Waals surface area contributed by atoms with Gasteiger partial charge in [0.15, 0.2) is 0 Å². The highest BCUT2D eigenvalue weighted by molar-refractivity contribution is 6.42. The number of hydrogen-bond donors (Lipinski definition) is 0. The van der Waals surface area contributed by atoms with Gasteiger partial charge in [-0.1, -0.05) is 53.5 Å². The van der Waals surface area contributed by atoms with Gasteiger partial charge in [0.1, 0.15) is 0 Å². The third-order valence-corrected chi connectivity index (χ3v) is 3.52. The summed E-state index contributed by atoms with van der Waals surface area (Å²) in [5.74, 6) is -0.248. The first-order chi connectivity index (χ1) is 9.10. The molecule has 0 N–H and O–H groups in total. The van der Waals surface area contributed by atoms with Crippen molar-refractivity contribution in [2.75, 3.05) is 7.11 Å². The molecule has 0 amide bonds. The fourth-order valence-corrected chi connectivity index (χ4v) is 2.03. The number of esters is 1. The normalized spacial score (nSPS) is 10.3. The van der Waals surface area contributed by atoms with Gasteiger partial charge in [-0.2, -0.15) is 0 Å². The Morgan fingerprint density at radius 3 is 2.21 bits per heavy atom. The van der Waals surface area contributed by atoms with Crippen molar-refractivity contribution in [2.45, 2.75) is 6.42 Å². The Balaban J connectivity index is 2.22. The molecule has 0 atom stereocenters. The van der Waals surface area contributed by atoms with E-state index in [2.05, 4.69) is 4.74 Å². The second kappa shape index (κ2) is 6.09. The smallest absolute Gasteiger partial charge is 0.309 e. The number of ether oxygens (including phenoxy) is 1. The summed E-state index contributed by atoms with van der Waals surface area (Å²) in [4.78, 5) is 11.2. The molecule has 0 radical (unpaired) electrons. The van der Waals surface area contributed by atoms with E-state index in [1.807, 2.05) is 36.4 Å². The van der Waals surface area contributed by atoms with Crippen LogP contribution < -0.4 is 0 Å². The summed E-state index contributed by atoms with van der Waals surface area (Å²) in [6.45, 7) is 0. The molecule has 0 aliphatic carbocycles. The third kappa shape index (κ3) is 3.49. The van der Waals surface area contributed by atoms with Gasteiger partial charge in [0.05, 0.1) is 23.6 Å². The number of benzene rings is 2. The van der Waals surface area contributed by atoms with E-state index in [-0.39, 0.29) is 12.4 Å². The lowest BCUT2D eigenvalue weighted by atomic mass is 10.0. The third-order valence-electron chi connectivity index (χ3n) is 2.78. The van der Waals surface area contributed by atoms with Crippen LogP contribution in [0.1, 0.15) is 5.56 Å². The number of hydrogen-bond acceptors (Lipinski definition) is 2. The number of halogens is 2. The maximum Gasteiger partial charge on any atom is 0.309 e. The maximum absolute atomic E-state index is 11.2. The molecular weight excluding hydrogens is 283 g/mol. The fraction of sp³-hybridized carbons (Fsp3) is 0.133. The molecule has 98 valence electrons. The summed E-state index contributed by atoms with van der Waals surface area (Å²) in [5, 5.41) is 1.06. The van der Waals surface area contributed by atoms with Gasteiger partial charge in [-0.3, -0.25) is 4.79 Å². The first-order valence-electron chi connectivity index (χ1n) is 5.71. The molecular formula is C15H12Cl2O2. The predicted octanol–water partition coefficient (Wildman–Crippen LogP) is 4.38. The van der Waals surface area contributed by atoms with Crippen molar-refractivity contribution in [3.8, 4) is 11.1 Å². The Morgan fingerprint density at radius 1 is 1.00 bits per heavy atom. The summed E-state index contributed by atoms with van der Waals surface area (Å²) >= 11 is 11.9. The number of rotatable bonds is 3. The first kappa shape index (κ1) is 13.9. The summed E-state index contributed by atoms with van der Waals surface area (Å²) in [6, 6.07) is 13.2.